The minimum Gasteiger partial charge on any atom is -0.406 e. The largest absolute Gasteiger partial charge is 0.573 e. The van der Waals surface area contributed by atoms with Gasteiger partial charge in [0.25, 0.3) is 0 Å². The monoisotopic (exact) mass is 252 g/mol. The predicted octanol–water partition coefficient (Wildman–Crippen LogP) is 2.26. The van der Waals surface area contributed by atoms with Gasteiger partial charge in [-0.15, -0.1) is 13.2 Å². The van der Waals surface area contributed by atoms with Crippen LogP contribution < -0.4 is 15.2 Å². The zero-order valence-electron chi connectivity index (χ0n) is 7.75. The molecule has 3 N–H and O–H groups in total. The van der Waals surface area contributed by atoms with Crippen LogP contribution in [0.25, 0.3) is 0 Å². The number of rotatable bonds is 3. The summed E-state index contributed by atoms with van der Waals surface area (Å²) in [6, 6.07) is 4.37. The fourth-order valence-electron chi connectivity index (χ4n) is 0.844. The second-order valence-corrected chi connectivity index (χ2v) is 3.47. The van der Waals surface area contributed by atoms with Gasteiger partial charge in [-0.3, -0.25) is 4.72 Å². The van der Waals surface area contributed by atoms with E-state index < -0.39 is 12.4 Å². The molecule has 16 heavy (non-hydrogen) atoms. The lowest BCUT2D eigenvalue weighted by molar-refractivity contribution is -0.274. The van der Waals surface area contributed by atoms with Gasteiger partial charge in [0.05, 0.1) is 0 Å². The van der Waals surface area contributed by atoms with Gasteiger partial charge in [0.2, 0.25) is 0 Å². The number of nitrogens with two attached hydrogens (primary N) is 1. The van der Waals surface area contributed by atoms with E-state index in [1.165, 1.54) is 12.1 Å². The van der Waals surface area contributed by atoms with Crippen molar-refractivity contribution in [1.82, 2.24) is 4.72 Å². The first-order valence-electron chi connectivity index (χ1n) is 3.95. The van der Waals surface area contributed by atoms with Crippen molar-refractivity contribution in [3.8, 4) is 5.75 Å². The lowest BCUT2D eigenvalue weighted by Crippen LogP contribution is -2.22. The summed E-state index contributed by atoms with van der Waals surface area (Å²) in [6.45, 7) is 0. The summed E-state index contributed by atoms with van der Waals surface area (Å²) in [7, 11) is 0. The maximum Gasteiger partial charge on any atom is 0.573 e. The number of amides is 2. The van der Waals surface area contributed by atoms with Crippen LogP contribution in [0.3, 0.4) is 0 Å². The van der Waals surface area contributed by atoms with Gasteiger partial charge < -0.3 is 10.5 Å². The molecule has 0 spiro atoms. The number of primary amides is 1. The normalized spacial score (nSPS) is 10.9. The topological polar surface area (TPSA) is 64.4 Å². The van der Waals surface area contributed by atoms with Crippen molar-refractivity contribution in [2.24, 2.45) is 5.73 Å². The Morgan fingerprint density at radius 3 is 2.69 bits per heavy atom. The highest BCUT2D eigenvalue weighted by Gasteiger charge is 2.31. The van der Waals surface area contributed by atoms with Crippen LogP contribution in [-0.2, 0) is 0 Å². The molecule has 0 heterocycles. The minimum absolute atomic E-state index is 0.358. The van der Waals surface area contributed by atoms with Gasteiger partial charge in [0, 0.05) is 4.90 Å². The fourth-order valence-corrected chi connectivity index (χ4v) is 1.38. The van der Waals surface area contributed by atoms with E-state index in [-0.39, 0.29) is 5.75 Å². The molecule has 0 saturated heterocycles. The maximum atomic E-state index is 11.9. The van der Waals surface area contributed by atoms with Crippen molar-refractivity contribution in [1.29, 1.82) is 0 Å². The number of alkyl halides is 3. The second-order valence-electron chi connectivity index (χ2n) is 2.59. The number of ether oxygens (including phenoxy) is 1. The molecule has 4 nitrogen and oxygen atoms in total. The van der Waals surface area contributed by atoms with Crippen LogP contribution in [0.2, 0.25) is 0 Å². The van der Waals surface area contributed by atoms with Crippen LogP contribution >= 0.6 is 11.9 Å². The van der Waals surface area contributed by atoms with E-state index in [4.69, 9.17) is 5.73 Å². The Labute approximate surface area is 93.1 Å². The van der Waals surface area contributed by atoms with Crippen molar-refractivity contribution in [3.63, 3.8) is 0 Å². The van der Waals surface area contributed by atoms with Crippen molar-refractivity contribution < 1.29 is 22.7 Å². The predicted molar refractivity (Wildman–Crippen MR) is 51.7 cm³/mol. The van der Waals surface area contributed by atoms with Gasteiger partial charge in [-0.05, 0) is 30.1 Å². The highest BCUT2D eigenvalue weighted by molar-refractivity contribution is 7.98. The molecule has 0 aromatic heterocycles. The Morgan fingerprint density at radius 1 is 1.44 bits per heavy atom. The standard InChI is InChI=1S/C8H7F3N2O2S/c9-8(10,11)15-5-2-1-3-6(4-5)16-13-7(12)14/h1-4H,(H3,12,13,14). The molecule has 0 bridgehead atoms. The SMILES string of the molecule is NC(=O)NSc1cccc(OC(F)(F)F)c1. The lowest BCUT2D eigenvalue weighted by atomic mass is 10.3. The van der Waals surface area contributed by atoms with Gasteiger partial charge in [-0.25, -0.2) is 4.79 Å². The van der Waals surface area contributed by atoms with E-state index in [9.17, 15) is 18.0 Å². The summed E-state index contributed by atoms with van der Waals surface area (Å²) in [5, 5.41) is 0. The zero-order chi connectivity index (χ0) is 12.2. The van der Waals surface area contributed by atoms with E-state index >= 15 is 0 Å². The second kappa shape index (κ2) is 4.97. The minimum atomic E-state index is -4.74. The van der Waals surface area contributed by atoms with Crippen LogP contribution in [0.5, 0.6) is 5.75 Å². The van der Waals surface area contributed by atoms with Crippen molar-refractivity contribution in [2.45, 2.75) is 11.3 Å². The number of hydrogen-bond donors (Lipinski definition) is 2. The quantitative estimate of drug-likeness (QED) is 0.811. The number of nitrogens with one attached hydrogen (secondary N) is 1. The van der Waals surface area contributed by atoms with Gasteiger partial charge in [-0.2, -0.15) is 0 Å². The third-order valence-electron chi connectivity index (χ3n) is 1.31. The van der Waals surface area contributed by atoms with E-state index in [0.29, 0.717) is 4.90 Å². The van der Waals surface area contributed by atoms with E-state index in [1.54, 1.807) is 0 Å². The van der Waals surface area contributed by atoms with Crippen LogP contribution in [0.1, 0.15) is 0 Å². The summed E-state index contributed by atoms with van der Waals surface area (Å²) in [5.74, 6) is -0.358. The molecule has 0 aliphatic rings. The number of carbonyl (C=O) groups excluding carboxylic acids is 1. The number of benzene rings is 1. The molecular weight excluding hydrogens is 245 g/mol. The Balaban J connectivity index is 2.67. The van der Waals surface area contributed by atoms with Gasteiger partial charge >= 0.3 is 12.4 Å². The Hall–Kier alpha value is -1.57. The maximum absolute atomic E-state index is 11.9. The molecule has 8 heteroatoms. The van der Waals surface area contributed by atoms with E-state index in [1.807, 2.05) is 0 Å². The Bertz CT molecular complexity index is 384. The van der Waals surface area contributed by atoms with Crippen molar-refractivity contribution in [3.05, 3.63) is 24.3 Å². The molecule has 0 aliphatic heterocycles. The van der Waals surface area contributed by atoms with E-state index in [0.717, 1.165) is 24.1 Å². The summed E-state index contributed by atoms with van der Waals surface area (Å²) in [6.07, 6.45) is -4.74. The highest BCUT2D eigenvalue weighted by Crippen LogP contribution is 2.26. The molecule has 0 aliphatic carbocycles. The molecule has 0 saturated carbocycles. The van der Waals surface area contributed by atoms with Crippen LogP contribution in [0.15, 0.2) is 29.2 Å². The molecule has 0 unspecified atom stereocenters. The van der Waals surface area contributed by atoms with E-state index in [2.05, 4.69) is 9.46 Å². The summed E-state index contributed by atoms with van der Waals surface area (Å²) >= 11 is 0.797. The molecule has 0 fully saturated rings. The summed E-state index contributed by atoms with van der Waals surface area (Å²) < 4.78 is 41.5. The fraction of sp³-hybridized carbons (Fsp3) is 0.125. The lowest BCUT2D eigenvalue weighted by Gasteiger charge is -2.09. The number of urea groups is 1. The average Bonchev–Trinajstić information content (AvgIpc) is 2.12. The number of halogens is 3. The van der Waals surface area contributed by atoms with Crippen molar-refractivity contribution in [2.75, 3.05) is 0 Å². The van der Waals surface area contributed by atoms with Crippen LogP contribution in [-0.4, -0.2) is 12.4 Å². The van der Waals surface area contributed by atoms with Crippen molar-refractivity contribution >= 4 is 18.0 Å². The van der Waals surface area contributed by atoms with Crippen LogP contribution in [0, 0.1) is 0 Å². The molecule has 2 amide bonds. The molecule has 88 valence electrons. The third-order valence-corrected chi connectivity index (χ3v) is 2.10. The summed E-state index contributed by atoms with van der Waals surface area (Å²) in [5.41, 5.74) is 4.80. The smallest absolute Gasteiger partial charge is 0.406 e. The summed E-state index contributed by atoms with van der Waals surface area (Å²) in [4.78, 5) is 10.7. The Morgan fingerprint density at radius 2 is 2.12 bits per heavy atom. The first kappa shape index (κ1) is 12.5. The van der Waals surface area contributed by atoms with Gasteiger partial charge in [0.1, 0.15) is 5.75 Å². The number of carbonyl (C=O) groups is 1. The molecule has 1 rings (SSSR count). The molecule has 0 atom stereocenters. The first-order valence-corrected chi connectivity index (χ1v) is 4.76. The van der Waals surface area contributed by atoms with Gasteiger partial charge in [0.15, 0.2) is 0 Å². The third kappa shape index (κ3) is 4.78. The van der Waals surface area contributed by atoms with Crippen LogP contribution in [0.4, 0.5) is 18.0 Å². The molecule has 0 radical (unpaired) electrons. The molecule has 1 aromatic rings. The average molecular weight is 252 g/mol. The molecule has 1 aromatic carbocycles. The molecular formula is C8H7F3N2O2S. The first-order chi connectivity index (χ1) is 7.37. The Kier molecular flexibility index (Phi) is 3.88. The highest BCUT2D eigenvalue weighted by atomic mass is 32.2. The van der Waals surface area contributed by atoms with Gasteiger partial charge in [-0.1, -0.05) is 6.07 Å². The zero-order valence-corrected chi connectivity index (χ0v) is 8.56. The number of hydrogen-bond acceptors (Lipinski definition) is 3.